The summed E-state index contributed by atoms with van der Waals surface area (Å²) in [6, 6.07) is 9.13. The highest BCUT2D eigenvalue weighted by Crippen LogP contribution is 2.37. The van der Waals surface area contributed by atoms with Gasteiger partial charge in [0.15, 0.2) is 17.4 Å². The van der Waals surface area contributed by atoms with E-state index in [0.29, 0.717) is 34.9 Å². The molecule has 7 nitrogen and oxygen atoms in total. The minimum absolute atomic E-state index is 0.0143. The van der Waals surface area contributed by atoms with Crippen LogP contribution in [0.3, 0.4) is 0 Å². The molecule has 1 atom stereocenters. The molecule has 2 aliphatic rings. The molecule has 1 aliphatic heterocycles. The monoisotopic (exact) mass is 405 g/mol. The fourth-order valence-corrected chi connectivity index (χ4v) is 4.39. The van der Waals surface area contributed by atoms with Crippen LogP contribution in [0.5, 0.6) is 0 Å². The number of anilines is 2. The third-order valence-electron chi connectivity index (χ3n) is 5.82. The van der Waals surface area contributed by atoms with Crippen molar-refractivity contribution in [2.24, 2.45) is 0 Å². The number of hydrogen-bond donors (Lipinski definition) is 2. The number of carbonyl (C=O) groups excluding carboxylic acids is 2. The molecule has 2 heterocycles. The largest absolute Gasteiger partial charge is 0.393 e. The molecule has 30 heavy (non-hydrogen) atoms. The predicted octanol–water partition coefficient (Wildman–Crippen LogP) is 3.40. The van der Waals surface area contributed by atoms with Gasteiger partial charge in [-0.15, -0.1) is 0 Å². The molecule has 2 aromatic rings. The topological polar surface area (TPSA) is 87.2 Å². The first-order chi connectivity index (χ1) is 14.6. The maximum Gasteiger partial charge on any atom is 0.247 e. The summed E-state index contributed by atoms with van der Waals surface area (Å²) in [5.41, 5.74) is 1.58. The maximum atomic E-state index is 13.1. The minimum Gasteiger partial charge on any atom is -0.393 e. The number of aromatic nitrogens is 2. The minimum atomic E-state index is -0.259. The molecule has 2 N–H and O–H groups in total. The molecular weight excluding hydrogens is 378 g/mol. The molecule has 7 heteroatoms. The Morgan fingerprint density at radius 1 is 1.27 bits per heavy atom. The van der Waals surface area contributed by atoms with Gasteiger partial charge in [-0.1, -0.05) is 50.1 Å². The second-order valence-electron chi connectivity index (χ2n) is 7.73. The van der Waals surface area contributed by atoms with E-state index in [1.165, 1.54) is 0 Å². The number of fused-ring (bicyclic) bond motifs is 1. The summed E-state index contributed by atoms with van der Waals surface area (Å²) in [6.07, 6.45) is 8.35. The summed E-state index contributed by atoms with van der Waals surface area (Å²) in [4.78, 5) is 37.2. The SMILES string of the molecule is CC[C@@H]1C(=O)Nc2cnc(/C(=C/NC)C(=O)c3ccccc3)nc2N1C1CCCC1. The van der Waals surface area contributed by atoms with Crippen LogP contribution in [0, 0.1) is 0 Å². The van der Waals surface area contributed by atoms with Gasteiger partial charge in [0.05, 0.1) is 11.8 Å². The first-order valence-corrected chi connectivity index (χ1v) is 10.6. The fourth-order valence-electron chi connectivity index (χ4n) is 4.39. The number of benzene rings is 1. The van der Waals surface area contributed by atoms with E-state index in [1.54, 1.807) is 31.6 Å². The van der Waals surface area contributed by atoms with Crippen LogP contribution < -0.4 is 15.5 Å². The van der Waals surface area contributed by atoms with Crippen LogP contribution in [0.15, 0.2) is 42.7 Å². The van der Waals surface area contributed by atoms with E-state index in [4.69, 9.17) is 4.98 Å². The van der Waals surface area contributed by atoms with Crippen molar-refractivity contribution in [3.05, 3.63) is 54.1 Å². The van der Waals surface area contributed by atoms with Crippen LogP contribution in [-0.2, 0) is 4.79 Å². The Hall–Kier alpha value is -3.22. The number of rotatable bonds is 6. The van der Waals surface area contributed by atoms with Crippen molar-refractivity contribution in [1.82, 2.24) is 15.3 Å². The molecule has 4 rings (SSSR count). The van der Waals surface area contributed by atoms with Gasteiger partial charge in [0, 0.05) is 24.9 Å². The highest BCUT2D eigenvalue weighted by Gasteiger charge is 2.38. The highest BCUT2D eigenvalue weighted by atomic mass is 16.2. The zero-order valence-electron chi connectivity index (χ0n) is 17.4. The summed E-state index contributed by atoms with van der Waals surface area (Å²) >= 11 is 0. The van der Waals surface area contributed by atoms with Gasteiger partial charge in [0.2, 0.25) is 5.91 Å². The van der Waals surface area contributed by atoms with Crippen molar-refractivity contribution >= 4 is 28.8 Å². The Balaban J connectivity index is 1.77. The average molecular weight is 406 g/mol. The first-order valence-electron chi connectivity index (χ1n) is 10.6. The van der Waals surface area contributed by atoms with E-state index in [1.807, 2.05) is 25.1 Å². The predicted molar refractivity (Wildman–Crippen MR) is 117 cm³/mol. The molecule has 1 aliphatic carbocycles. The van der Waals surface area contributed by atoms with Gasteiger partial charge in [0.1, 0.15) is 11.7 Å². The number of allylic oxidation sites excluding steroid dienone is 1. The Morgan fingerprint density at radius 3 is 2.67 bits per heavy atom. The lowest BCUT2D eigenvalue weighted by Gasteiger charge is -2.40. The van der Waals surface area contributed by atoms with E-state index in [0.717, 1.165) is 25.7 Å². The van der Waals surface area contributed by atoms with E-state index in [9.17, 15) is 9.59 Å². The van der Waals surface area contributed by atoms with Gasteiger partial charge >= 0.3 is 0 Å². The summed E-state index contributed by atoms with van der Waals surface area (Å²) < 4.78 is 0. The van der Waals surface area contributed by atoms with Crippen LogP contribution >= 0.6 is 0 Å². The molecule has 0 saturated heterocycles. The molecule has 1 amide bonds. The fraction of sp³-hybridized carbons (Fsp3) is 0.391. The zero-order valence-corrected chi connectivity index (χ0v) is 17.4. The molecular formula is C23H27N5O2. The number of Topliss-reactive ketones (excluding diaryl/α,β-unsaturated/α-hetero) is 1. The second kappa shape index (κ2) is 8.65. The van der Waals surface area contributed by atoms with Gasteiger partial charge in [-0.2, -0.15) is 0 Å². The van der Waals surface area contributed by atoms with Gasteiger partial charge in [-0.25, -0.2) is 9.97 Å². The molecule has 0 bridgehead atoms. The summed E-state index contributed by atoms with van der Waals surface area (Å²) in [5.74, 6) is 0.899. The van der Waals surface area contributed by atoms with E-state index >= 15 is 0 Å². The summed E-state index contributed by atoms with van der Waals surface area (Å²) in [6.45, 7) is 2.02. The Morgan fingerprint density at radius 2 is 2.00 bits per heavy atom. The zero-order chi connectivity index (χ0) is 21.1. The van der Waals surface area contributed by atoms with E-state index in [-0.39, 0.29) is 23.8 Å². The van der Waals surface area contributed by atoms with Gasteiger partial charge < -0.3 is 15.5 Å². The van der Waals surface area contributed by atoms with Gasteiger partial charge in [-0.05, 0) is 19.3 Å². The Bertz CT molecular complexity index is 967. The van der Waals surface area contributed by atoms with Crippen molar-refractivity contribution in [2.45, 2.75) is 51.1 Å². The number of amides is 1. The number of carbonyl (C=O) groups is 2. The van der Waals surface area contributed by atoms with Crippen molar-refractivity contribution in [2.75, 3.05) is 17.3 Å². The smallest absolute Gasteiger partial charge is 0.247 e. The highest BCUT2D eigenvalue weighted by molar-refractivity contribution is 6.28. The molecule has 1 aromatic heterocycles. The van der Waals surface area contributed by atoms with Crippen LogP contribution in [-0.4, -0.2) is 40.8 Å². The normalized spacial score (nSPS) is 19.4. The molecule has 0 spiro atoms. The van der Waals surface area contributed by atoms with Gasteiger partial charge in [-0.3, -0.25) is 9.59 Å². The quantitative estimate of drug-likeness (QED) is 0.566. The number of ketones is 1. The number of nitrogens with zero attached hydrogens (tertiary/aromatic N) is 3. The van der Waals surface area contributed by atoms with Crippen LogP contribution in [0.2, 0.25) is 0 Å². The van der Waals surface area contributed by atoms with Crippen molar-refractivity contribution in [3.8, 4) is 0 Å². The lowest BCUT2D eigenvalue weighted by Crippen LogP contribution is -2.52. The third kappa shape index (κ3) is 3.67. The maximum absolute atomic E-state index is 13.1. The summed E-state index contributed by atoms with van der Waals surface area (Å²) in [7, 11) is 1.74. The molecule has 1 fully saturated rings. The number of nitrogens with one attached hydrogen (secondary N) is 2. The van der Waals surface area contributed by atoms with Crippen molar-refractivity contribution in [1.29, 1.82) is 0 Å². The van der Waals surface area contributed by atoms with Gasteiger partial charge in [0.25, 0.3) is 0 Å². The first kappa shape index (κ1) is 20.1. The van der Waals surface area contributed by atoms with E-state index < -0.39 is 0 Å². The van der Waals surface area contributed by atoms with Crippen LogP contribution in [0.4, 0.5) is 11.5 Å². The number of hydrogen-bond acceptors (Lipinski definition) is 6. The second-order valence-corrected chi connectivity index (χ2v) is 7.73. The van der Waals surface area contributed by atoms with Crippen molar-refractivity contribution in [3.63, 3.8) is 0 Å². The Kier molecular flexibility index (Phi) is 5.79. The third-order valence-corrected chi connectivity index (χ3v) is 5.82. The van der Waals surface area contributed by atoms with Crippen molar-refractivity contribution < 1.29 is 9.59 Å². The average Bonchev–Trinajstić information content (AvgIpc) is 3.31. The molecule has 0 radical (unpaired) electrons. The molecule has 1 saturated carbocycles. The van der Waals surface area contributed by atoms with Crippen LogP contribution in [0.25, 0.3) is 5.57 Å². The molecule has 156 valence electrons. The lowest BCUT2D eigenvalue weighted by molar-refractivity contribution is -0.117. The summed E-state index contributed by atoms with van der Waals surface area (Å²) in [5, 5.41) is 5.89. The molecule has 1 aromatic carbocycles. The molecule has 0 unspecified atom stereocenters. The standard InChI is InChI=1S/C23H27N5O2/c1-3-19-23(30)26-18-14-25-21(27-22(18)28(19)16-11-7-8-12-16)17(13-24-2)20(29)15-9-5-4-6-10-15/h4-6,9-10,13-14,16,19,24H,3,7-8,11-12H2,1-2H3,(H,26,30)/b17-13+/t19-/m1/s1. The van der Waals surface area contributed by atoms with E-state index in [2.05, 4.69) is 20.5 Å². The lowest BCUT2D eigenvalue weighted by atomic mass is 10.0. The van der Waals surface area contributed by atoms with Crippen LogP contribution in [0.1, 0.15) is 55.2 Å². The Labute approximate surface area is 176 Å².